The Bertz CT molecular complexity index is 985. The van der Waals surface area contributed by atoms with E-state index in [2.05, 4.69) is 5.32 Å². The second kappa shape index (κ2) is 8.61. The Morgan fingerprint density at radius 3 is 2.31 bits per heavy atom. The number of carbonyl (C=O) groups excluding carboxylic acids is 1. The van der Waals surface area contributed by atoms with E-state index in [9.17, 15) is 17.6 Å². The molecule has 0 spiro atoms. The number of halogens is 1. The molecule has 8 heteroatoms. The topological polar surface area (TPSA) is 70.9 Å². The van der Waals surface area contributed by atoms with Crippen LogP contribution in [0, 0.1) is 19.7 Å². The van der Waals surface area contributed by atoms with Gasteiger partial charge in [-0.2, -0.15) is 4.31 Å². The van der Waals surface area contributed by atoms with E-state index in [1.54, 1.807) is 6.07 Å². The van der Waals surface area contributed by atoms with Gasteiger partial charge in [-0.05, 0) is 56.7 Å². The van der Waals surface area contributed by atoms with Crippen LogP contribution in [-0.4, -0.2) is 50.9 Å². The number of anilines is 1. The van der Waals surface area contributed by atoms with E-state index >= 15 is 0 Å². The van der Waals surface area contributed by atoms with Crippen LogP contribution in [0.5, 0.6) is 0 Å². The Hall–Kier alpha value is -2.29. The van der Waals surface area contributed by atoms with Gasteiger partial charge in [-0.3, -0.25) is 4.79 Å². The van der Waals surface area contributed by atoms with Crippen LogP contribution in [0.15, 0.2) is 47.4 Å². The third kappa shape index (κ3) is 4.83. The highest BCUT2D eigenvalue weighted by molar-refractivity contribution is 7.89. The maximum Gasteiger partial charge on any atom is 0.282 e. The zero-order chi connectivity index (χ0) is 21.2. The van der Waals surface area contributed by atoms with Crippen LogP contribution >= 0.6 is 0 Å². The van der Waals surface area contributed by atoms with Gasteiger partial charge in [0.15, 0.2) is 6.04 Å². The number of quaternary nitrogens is 1. The van der Waals surface area contributed by atoms with E-state index in [0.717, 1.165) is 16.0 Å². The summed E-state index contributed by atoms with van der Waals surface area (Å²) in [6.45, 7) is 7.37. The molecule has 2 aromatic rings. The second-order valence-corrected chi connectivity index (χ2v) is 9.46. The molecule has 2 aromatic carbocycles. The minimum atomic E-state index is -3.55. The Morgan fingerprint density at radius 1 is 1.10 bits per heavy atom. The third-order valence-corrected chi connectivity index (χ3v) is 7.49. The number of amides is 1. The van der Waals surface area contributed by atoms with Gasteiger partial charge in [0.2, 0.25) is 10.0 Å². The normalized spacial score (nSPS) is 17.1. The highest BCUT2D eigenvalue weighted by atomic mass is 32.2. The zero-order valence-electron chi connectivity index (χ0n) is 16.9. The molecule has 3 rings (SSSR count). The van der Waals surface area contributed by atoms with E-state index in [-0.39, 0.29) is 17.8 Å². The average Bonchev–Trinajstić information content (AvgIpc) is 2.69. The number of benzene rings is 2. The quantitative estimate of drug-likeness (QED) is 0.767. The summed E-state index contributed by atoms with van der Waals surface area (Å²) in [7, 11) is -3.55. The highest BCUT2D eigenvalue weighted by Gasteiger charge is 2.35. The number of sulfonamides is 1. The van der Waals surface area contributed by atoms with Crippen LogP contribution in [0.3, 0.4) is 0 Å². The summed E-state index contributed by atoms with van der Waals surface area (Å²) in [5.74, 6) is -0.528. The summed E-state index contributed by atoms with van der Waals surface area (Å²) in [4.78, 5) is 13.9. The van der Waals surface area contributed by atoms with E-state index in [0.29, 0.717) is 36.8 Å². The van der Waals surface area contributed by atoms with Crippen molar-refractivity contribution in [2.75, 3.05) is 31.5 Å². The van der Waals surface area contributed by atoms with Gasteiger partial charge >= 0.3 is 0 Å². The minimum absolute atomic E-state index is 0.169. The summed E-state index contributed by atoms with van der Waals surface area (Å²) in [6, 6.07) is 10.6. The Kier molecular flexibility index (Phi) is 6.36. The van der Waals surface area contributed by atoms with E-state index in [1.165, 1.54) is 28.6 Å². The SMILES string of the molecule is Cc1ccc(S(=O)(=O)N2CC[NH+]([C@H](C)C(=O)Nc3ccc(F)cc3)CC2)c(C)c1. The van der Waals surface area contributed by atoms with Gasteiger partial charge in [-0.25, -0.2) is 12.8 Å². The molecule has 1 saturated heterocycles. The largest absolute Gasteiger partial charge is 0.323 e. The number of piperazine rings is 1. The number of aryl methyl sites for hydroxylation is 2. The zero-order valence-corrected chi connectivity index (χ0v) is 17.7. The summed E-state index contributed by atoms with van der Waals surface area (Å²) >= 11 is 0. The molecule has 1 amide bonds. The number of nitrogens with one attached hydrogen (secondary N) is 2. The first-order valence-electron chi connectivity index (χ1n) is 9.67. The molecule has 0 unspecified atom stereocenters. The van der Waals surface area contributed by atoms with Crippen molar-refractivity contribution in [3.05, 3.63) is 59.4 Å². The van der Waals surface area contributed by atoms with E-state index < -0.39 is 10.0 Å². The van der Waals surface area contributed by atoms with E-state index in [4.69, 9.17) is 0 Å². The molecular formula is C21H27FN3O3S+. The van der Waals surface area contributed by atoms with Crippen LogP contribution in [-0.2, 0) is 14.8 Å². The molecule has 2 N–H and O–H groups in total. The molecule has 1 fully saturated rings. The Balaban J connectivity index is 1.62. The monoisotopic (exact) mass is 420 g/mol. The molecule has 1 atom stereocenters. The maximum atomic E-state index is 13.0. The van der Waals surface area contributed by atoms with Crippen LogP contribution in [0.2, 0.25) is 0 Å². The summed E-state index contributed by atoms with van der Waals surface area (Å²) in [5.41, 5.74) is 2.31. The highest BCUT2D eigenvalue weighted by Crippen LogP contribution is 2.21. The lowest BCUT2D eigenvalue weighted by Crippen LogP contribution is -3.19. The lowest BCUT2D eigenvalue weighted by molar-refractivity contribution is -0.917. The first-order valence-corrected chi connectivity index (χ1v) is 11.1. The molecule has 0 saturated carbocycles. The standard InChI is InChI=1S/C21H26FN3O3S/c1-15-4-9-20(16(2)14-15)29(27,28)25-12-10-24(11-13-25)17(3)21(26)23-19-7-5-18(22)6-8-19/h4-9,14,17H,10-13H2,1-3H3,(H,23,26)/p+1/t17-/m1/s1. The molecule has 0 radical (unpaired) electrons. The average molecular weight is 421 g/mol. The van der Waals surface area contributed by atoms with Crippen molar-refractivity contribution >= 4 is 21.6 Å². The summed E-state index contributed by atoms with van der Waals surface area (Å²) < 4.78 is 40.5. The summed E-state index contributed by atoms with van der Waals surface area (Å²) in [5, 5.41) is 2.79. The molecule has 1 heterocycles. The van der Waals surface area contributed by atoms with Crippen molar-refractivity contribution in [3.63, 3.8) is 0 Å². The molecule has 0 bridgehead atoms. The third-order valence-electron chi connectivity index (χ3n) is 5.43. The van der Waals surface area contributed by atoms with Gasteiger partial charge < -0.3 is 10.2 Å². The van der Waals surface area contributed by atoms with Gasteiger partial charge in [0, 0.05) is 5.69 Å². The lowest BCUT2D eigenvalue weighted by Gasteiger charge is -2.34. The number of rotatable bonds is 5. The second-order valence-electron chi connectivity index (χ2n) is 7.55. The molecule has 29 heavy (non-hydrogen) atoms. The van der Waals surface area contributed by atoms with Gasteiger partial charge in [0.25, 0.3) is 5.91 Å². The molecule has 1 aliphatic heterocycles. The Labute approximate surface area is 171 Å². The smallest absolute Gasteiger partial charge is 0.282 e. The molecular weight excluding hydrogens is 393 g/mol. The Morgan fingerprint density at radius 2 is 1.72 bits per heavy atom. The van der Waals surface area contributed by atoms with Gasteiger partial charge in [0.1, 0.15) is 5.82 Å². The number of nitrogens with zero attached hydrogens (tertiary/aromatic N) is 1. The number of carbonyl (C=O) groups is 1. The fourth-order valence-electron chi connectivity index (χ4n) is 3.64. The minimum Gasteiger partial charge on any atom is -0.323 e. The molecule has 0 aromatic heterocycles. The number of hydrogen-bond donors (Lipinski definition) is 2. The molecule has 156 valence electrons. The fourth-order valence-corrected chi connectivity index (χ4v) is 5.29. The van der Waals surface area contributed by atoms with Crippen LogP contribution in [0.25, 0.3) is 0 Å². The number of hydrogen-bond acceptors (Lipinski definition) is 3. The van der Waals surface area contributed by atoms with E-state index in [1.807, 2.05) is 32.9 Å². The first kappa shape index (κ1) is 21.4. The predicted octanol–water partition coefficient (Wildman–Crippen LogP) is 1.36. The van der Waals surface area contributed by atoms with Crippen molar-refractivity contribution in [1.82, 2.24) is 4.31 Å². The molecule has 0 aliphatic carbocycles. The van der Waals surface area contributed by atoms with Crippen LogP contribution in [0.4, 0.5) is 10.1 Å². The van der Waals surface area contributed by atoms with Crippen molar-refractivity contribution in [3.8, 4) is 0 Å². The maximum absolute atomic E-state index is 13.0. The van der Waals surface area contributed by atoms with Crippen molar-refractivity contribution in [2.45, 2.75) is 31.7 Å². The van der Waals surface area contributed by atoms with Crippen molar-refractivity contribution < 1.29 is 22.5 Å². The summed E-state index contributed by atoms with van der Waals surface area (Å²) in [6.07, 6.45) is 0. The first-order chi connectivity index (χ1) is 13.7. The van der Waals surface area contributed by atoms with Crippen molar-refractivity contribution in [2.24, 2.45) is 0 Å². The van der Waals surface area contributed by atoms with Crippen molar-refractivity contribution in [1.29, 1.82) is 0 Å². The fraction of sp³-hybridized carbons (Fsp3) is 0.381. The lowest BCUT2D eigenvalue weighted by atomic mass is 10.2. The van der Waals surface area contributed by atoms with Gasteiger partial charge in [0.05, 0.1) is 31.1 Å². The van der Waals surface area contributed by atoms with Gasteiger partial charge in [-0.1, -0.05) is 17.7 Å². The predicted molar refractivity (Wildman–Crippen MR) is 110 cm³/mol. The van der Waals surface area contributed by atoms with Crippen LogP contribution < -0.4 is 10.2 Å². The molecule has 6 nitrogen and oxygen atoms in total. The van der Waals surface area contributed by atoms with Crippen LogP contribution in [0.1, 0.15) is 18.1 Å². The van der Waals surface area contributed by atoms with Gasteiger partial charge in [-0.15, -0.1) is 0 Å². The molecule has 1 aliphatic rings.